The van der Waals surface area contributed by atoms with Crippen molar-refractivity contribution in [3.63, 3.8) is 0 Å². The van der Waals surface area contributed by atoms with Crippen molar-refractivity contribution in [1.29, 1.82) is 0 Å². The van der Waals surface area contributed by atoms with Gasteiger partial charge < -0.3 is 4.74 Å². The van der Waals surface area contributed by atoms with E-state index in [-0.39, 0.29) is 23.5 Å². The summed E-state index contributed by atoms with van der Waals surface area (Å²) in [5, 5.41) is 0. The Morgan fingerprint density at radius 3 is 1.96 bits per heavy atom. The zero-order valence-corrected chi connectivity index (χ0v) is 15.5. The molecule has 0 aromatic heterocycles. The Hall–Kier alpha value is -1.90. The average molecular weight is 356 g/mol. The lowest BCUT2D eigenvalue weighted by Crippen LogP contribution is -2.13. The van der Waals surface area contributed by atoms with Gasteiger partial charge in [0.25, 0.3) is 0 Å². The molecule has 2 aromatic carbocycles. The standard InChI is InChI=1S/C23H26F2O/c1-3-26-15-5-7-21(23(25)13-15)19-11-9-16-17(19)8-10-18(16)20-6-4-14(2)12-22(20)24/h4-7,12-13,16-19H,3,8-11H2,1-2H3. The zero-order valence-electron chi connectivity index (χ0n) is 15.5. The molecule has 0 bridgehead atoms. The Balaban J connectivity index is 1.57. The second-order valence-electron chi connectivity index (χ2n) is 7.84. The quantitative estimate of drug-likeness (QED) is 0.619. The summed E-state index contributed by atoms with van der Waals surface area (Å²) in [6.07, 6.45) is 4.11. The van der Waals surface area contributed by atoms with E-state index in [0.717, 1.165) is 42.4 Å². The minimum atomic E-state index is -0.161. The highest BCUT2D eigenvalue weighted by atomic mass is 19.1. The molecular weight excluding hydrogens is 330 g/mol. The van der Waals surface area contributed by atoms with Crippen molar-refractivity contribution >= 4 is 0 Å². The molecule has 2 aromatic rings. The number of ether oxygens (including phenoxy) is 1. The van der Waals surface area contributed by atoms with Crippen molar-refractivity contribution in [3.05, 3.63) is 64.7 Å². The van der Waals surface area contributed by atoms with Crippen molar-refractivity contribution in [2.24, 2.45) is 11.8 Å². The molecule has 0 spiro atoms. The fraction of sp³-hybridized carbons (Fsp3) is 0.478. The fourth-order valence-corrected chi connectivity index (χ4v) is 5.37. The van der Waals surface area contributed by atoms with Crippen LogP contribution in [0.5, 0.6) is 5.75 Å². The summed E-state index contributed by atoms with van der Waals surface area (Å²) in [5.41, 5.74) is 2.63. The maximum atomic E-state index is 14.7. The van der Waals surface area contributed by atoms with Crippen LogP contribution in [0, 0.1) is 30.4 Å². The number of rotatable bonds is 4. The van der Waals surface area contributed by atoms with Crippen LogP contribution < -0.4 is 4.74 Å². The third-order valence-electron chi connectivity index (χ3n) is 6.44. The van der Waals surface area contributed by atoms with E-state index in [1.54, 1.807) is 6.07 Å². The topological polar surface area (TPSA) is 9.23 Å². The van der Waals surface area contributed by atoms with Crippen LogP contribution in [0.4, 0.5) is 8.78 Å². The first kappa shape index (κ1) is 17.5. The van der Waals surface area contributed by atoms with Crippen LogP contribution in [0.3, 0.4) is 0 Å². The van der Waals surface area contributed by atoms with Gasteiger partial charge in [-0.05, 0) is 92.0 Å². The highest BCUT2D eigenvalue weighted by Gasteiger charge is 2.46. The average Bonchev–Trinajstić information content (AvgIpc) is 3.18. The summed E-state index contributed by atoms with van der Waals surface area (Å²) in [6.45, 7) is 4.36. The molecule has 0 radical (unpaired) electrons. The number of aryl methyl sites for hydroxylation is 1. The molecule has 0 N–H and O–H groups in total. The largest absolute Gasteiger partial charge is 0.494 e. The van der Waals surface area contributed by atoms with E-state index in [9.17, 15) is 8.78 Å². The van der Waals surface area contributed by atoms with Gasteiger partial charge in [0.1, 0.15) is 17.4 Å². The zero-order chi connectivity index (χ0) is 18.3. The van der Waals surface area contributed by atoms with Crippen molar-refractivity contribution < 1.29 is 13.5 Å². The summed E-state index contributed by atoms with van der Waals surface area (Å²) in [7, 11) is 0. The van der Waals surface area contributed by atoms with Crippen LogP contribution in [0.2, 0.25) is 0 Å². The minimum absolute atomic E-state index is 0.0775. The normalized spacial score (nSPS) is 27.5. The third-order valence-corrected chi connectivity index (χ3v) is 6.44. The lowest BCUT2D eigenvalue weighted by Gasteiger charge is -2.22. The van der Waals surface area contributed by atoms with Gasteiger partial charge in [-0.3, -0.25) is 0 Å². The highest BCUT2D eigenvalue weighted by Crippen LogP contribution is 2.58. The number of fused-ring (bicyclic) bond motifs is 1. The van der Waals surface area contributed by atoms with Crippen molar-refractivity contribution in [1.82, 2.24) is 0 Å². The Labute approximate surface area is 154 Å². The van der Waals surface area contributed by atoms with Crippen LogP contribution in [0.1, 0.15) is 61.1 Å². The van der Waals surface area contributed by atoms with Gasteiger partial charge in [0.05, 0.1) is 6.61 Å². The Morgan fingerprint density at radius 1 is 0.846 bits per heavy atom. The SMILES string of the molecule is CCOc1ccc(C2CCC3C(c4ccc(C)cc4F)CCC23)c(F)c1. The first-order valence-electron chi connectivity index (χ1n) is 9.76. The lowest BCUT2D eigenvalue weighted by atomic mass is 9.83. The monoisotopic (exact) mass is 356 g/mol. The molecule has 2 saturated carbocycles. The van der Waals surface area contributed by atoms with Gasteiger partial charge in [0, 0.05) is 6.07 Å². The highest BCUT2D eigenvalue weighted by molar-refractivity contribution is 5.34. The maximum absolute atomic E-state index is 14.7. The summed E-state index contributed by atoms with van der Waals surface area (Å²) in [4.78, 5) is 0. The molecular formula is C23H26F2O. The Morgan fingerprint density at radius 2 is 1.42 bits per heavy atom. The molecule has 1 nitrogen and oxygen atoms in total. The first-order chi connectivity index (χ1) is 12.6. The Kier molecular flexibility index (Phi) is 4.73. The van der Waals surface area contributed by atoms with E-state index in [4.69, 9.17) is 4.74 Å². The van der Waals surface area contributed by atoms with Crippen LogP contribution >= 0.6 is 0 Å². The van der Waals surface area contributed by atoms with Gasteiger partial charge in [-0.15, -0.1) is 0 Å². The molecule has 2 aliphatic rings. The van der Waals surface area contributed by atoms with E-state index < -0.39 is 0 Å². The third kappa shape index (κ3) is 3.02. The first-order valence-corrected chi connectivity index (χ1v) is 9.76. The molecule has 4 atom stereocenters. The minimum Gasteiger partial charge on any atom is -0.494 e. The van der Waals surface area contributed by atoms with Gasteiger partial charge in [-0.1, -0.05) is 18.2 Å². The van der Waals surface area contributed by atoms with Gasteiger partial charge >= 0.3 is 0 Å². The van der Waals surface area contributed by atoms with Crippen molar-refractivity contribution in [3.8, 4) is 5.75 Å². The molecule has 0 amide bonds. The number of hydrogen-bond donors (Lipinski definition) is 0. The van der Waals surface area contributed by atoms with Crippen molar-refractivity contribution in [2.75, 3.05) is 6.61 Å². The summed E-state index contributed by atoms with van der Waals surface area (Å²) >= 11 is 0. The molecule has 4 unspecified atom stereocenters. The molecule has 2 fully saturated rings. The predicted octanol–water partition coefficient (Wildman–Crippen LogP) is 6.36. The van der Waals surface area contributed by atoms with Gasteiger partial charge in [0.15, 0.2) is 0 Å². The molecule has 26 heavy (non-hydrogen) atoms. The summed E-state index contributed by atoms with van der Waals surface area (Å²) in [5.74, 6) is 1.79. The molecule has 3 heteroatoms. The molecule has 0 saturated heterocycles. The summed E-state index contributed by atoms with van der Waals surface area (Å²) < 4.78 is 34.6. The molecule has 2 aliphatic carbocycles. The lowest BCUT2D eigenvalue weighted by molar-refractivity contribution is 0.337. The molecule has 138 valence electrons. The maximum Gasteiger partial charge on any atom is 0.130 e. The van der Waals surface area contributed by atoms with Crippen molar-refractivity contribution in [2.45, 2.75) is 51.4 Å². The van der Waals surface area contributed by atoms with E-state index >= 15 is 0 Å². The van der Waals surface area contributed by atoms with Crippen LogP contribution in [-0.2, 0) is 0 Å². The Bertz CT molecular complexity index is 801. The van der Waals surface area contributed by atoms with E-state index in [0.29, 0.717) is 24.2 Å². The van der Waals surface area contributed by atoms with Crippen LogP contribution in [-0.4, -0.2) is 6.61 Å². The molecule has 0 heterocycles. The summed E-state index contributed by atoms with van der Waals surface area (Å²) in [6, 6.07) is 10.9. The number of halogens is 2. The van der Waals surface area contributed by atoms with E-state index in [2.05, 4.69) is 0 Å². The van der Waals surface area contributed by atoms with E-state index in [1.807, 2.05) is 38.1 Å². The van der Waals surface area contributed by atoms with Gasteiger partial charge in [-0.2, -0.15) is 0 Å². The predicted molar refractivity (Wildman–Crippen MR) is 99.6 cm³/mol. The second-order valence-corrected chi connectivity index (χ2v) is 7.84. The molecule has 0 aliphatic heterocycles. The van der Waals surface area contributed by atoms with Gasteiger partial charge in [0.2, 0.25) is 0 Å². The number of hydrogen-bond acceptors (Lipinski definition) is 1. The van der Waals surface area contributed by atoms with Crippen LogP contribution in [0.25, 0.3) is 0 Å². The molecule has 4 rings (SSSR count). The van der Waals surface area contributed by atoms with E-state index in [1.165, 1.54) is 6.07 Å². The second kappa shape index (κ2) is 7.02. The van der Waals surface area contributed by atoms with Crippen LogP contribution in [0.15, 0.2) is 36.4 Å². The smallest absolute Gasteiger partial charge is 0.130 e. The van der Waals surface area contributed by atoms with Gasteiger partial charge in [-0.25, -0.2) is 8.78 Å². The fourth-order valence-electron chi connectivity index (χ4n) is 5.37. The number of benzene rings is 2.